The number of rotatable bonds is 8. The van der Waals surface area contributed by atoms with Crippen LogP contribution in [-0.2, 0) is 25.5 Å². The molecule has 35 heavy (non-hydrogen) atoms. The molecular weight excluding hydrogens is 468 g/mol. The molecule has 0 N–H and O–H groups in total. The number of imide groups is 1. The van der Waals surface area contributed by atoms with Crippen LogP contribution in [0.1, 0.15) is 56.5 Å². The second-order valence-corrected chi connectivity index (χ2v) is 10.2. The third-order valence-corrected chi connectivity index (χ3v) is 5.90. The Morgan fingerprint density at radius 3 is 2.40 bits per heavy atom. The summed E-state index contributed by atoms with van der Waals surface area (Å²) in [6.07, 6.45) is 0.654. The van der Waals surface area contributed by atoms with E-state index < -0.39 is 17.9 Å². The molecule has 0 bridgehead atoms. The van der Waals surface area contributed by atoms with Crippen LogP contribution in [0.5, 0.6) is 0 Å². The maximum atomic E-state index is 13.4. The normalized spacial score (nSPS) is 15.9. The predicted octanol–water partition coefficient (Wildman–Crippen LogP) is 4.66. The lowest BCUT2D eigenvalue weighted by Gasteiger charge is -2.30. The maximum Gasteiger partial charge on any atom is 0.338 e. The average molecular weight is 499 g/mol. The molecule has 1 heterocycles. The third kappa shape index (κ3) is 6.69. The van der Waals surface area contributed by atoms with E-state index in [9.17, 15) is 19.2 Å². The van der Waals surface area contributed by atoms with E-state index in [4.69, 9.17) is 16.3 Å². The van der Waals surface area contributed by atoms with Crippen molar-refractivity contribution in [3.63, 3.8) is 0 Å². The van der Waals surface area contributed by atoms with Gasteiger partial charge in [0.25, 0.3) is 5.91 Å². The van der Waals surface area contributed by atoms with Crippen molar-refractivity contribution in [3.8, 4) is 0 Å². The fourth-order valence-corrected chi connectivity index (χ4v) is 4.26. The highest BCUT2D eigenvalue weighted by Gasteiger charge is 2.44. The number of amides is 3. The van der Waals surface area contributed by atoms with E-state index in [0.717, 1.165) is 10.5 Å². The van der Waals surface area contributed by atoms with E-state index in [1.807, 2.05) is 39.0 Å². The van der Waals surface area contributed by atoms with Crippen molar-refractivity contribution >= 4 is 41.0 Å². The first-order valence-corrected chi connectivity index (χ1v) is 12.1. The largest absolute Gasteiger partial charge is 0.462 e. The molecule has 1 aliphatic rings. The van der Waals surface area contributed by atoms with Crippen molar-refractivity contribution in [1.29, 1.82) is 0 Å². The molecule has 1 fully saturated rings. The number of carbonyl (C=O) groups is 4. The van der Waals surface area contributed by atoms with E-state index >= 15 is 0 Å². The summed E-state index contributed by atoms with van der Waals surface area (Å²) in [6, 6.07) is 12.6. The van der Waals surface area contributed by atoms with Gasteiger partial charge in [-0.25, -0.2) is 9.69 Å². The van der Waals surface area contributed by atoms with Gasteiger partial charge in [0, 0.05) is 18.0 Å². The van der Waals surface area contributed by atoms with Crippen molar-refractivity contribution in [2.45, 2.75) is 53.0 Å². The molecule has 1 saturated heterocycles. The Labute approximate surface area is 211 Å². The lowest BCUT2D eigenvalue weighted by Crippen LogP contribution is -2.47. The molecule has 2 aromatic carbocycles. The molecule has 1 aliphatic heterocycles. The predicted molar refractivity (Wildman–Crippen MR) is 134 cm³/mol. The smallest absolute Gasteiger partial charge is 0.338 e. The van der Waals surface area contributed by atoms with E-state index in [0.29, 0.717) is 22.7 Å². The van der Waals surface area contributed by atoms with Crippen molar-refractivity contribution in [1.82, 2.24) is 4.90 Å². The first-order valence-electron chi connectivity index (χ1n) is 11.7. The number of hydrogen-bond donors (Lipinski definition) is 0. The van der Waals surface area contributed by atoms with Gasteiger partial charge in [0.1, 0.15) is 6.04 Å². The summed E-state index contributed by atoms with van der Waals surface area (Å²) >= 11 is 6.10. The van der Waals surface area contributed by atoms with Gasteiger partial charge in [0.15, 0.2) is 0 Å². The topological polar surface area (TPSA) is 84.0 Å². The number of benzene rings is 2. The van der Waals surface area contributed by atoms with Crippen LogP contribution in [0.2, 0.25) is 5.02 Å². The lowest BCUT2D eigenvalue weighted by molar-refractivity contribution is -0.139. The molecule has 0 radical (unpaired) electrons. The van der Waals surface area contributed by atoms with Gasteiger partial charge in [-0.15, -0.1) is 0 Å². The van der Waals surface area contributed by atoms with E-state index in [-0.39, 0.29) is 43.2 Å². The van der Waals surface area contributed by atoms with Crippen molar-refractivity contribution in [2.75, 3.05) is 18.1 Å². The molecular formula is C27H31ClN2O5. The Morgan fingerprint density at radius 1 is 1.11 bits per heavy atom. The number of nitrogens with zero attached hydrogens (tertiary/aromatic N) is 2. The van der Waals surface area contributed by atoms with Crippen LogP contribution in [0, 0.1) is 5.41 Å². The monoisotopic (exact) mass is 498 g/mol. The summed E-state index contributed by atoms with van der Waals surface area (Å²) in [5.74, 6) is -1.49. The fourth-order valence-electron chi connectivity index (χ4n) is 4.04. The minimum Gasteiger partial charge on any atom is -0.462 e. The Bertz CT molecular complexity index is 1110. The lowest BCUT2D eigenvalue weighted by atomic mass is 9.91. The maximum absolute atomic E-state index is 13.4. The zero-order valence-corrected chi connectivity index (χ0v) is 21.3. The highest BCUT2D eigenvalue weighted by molar-refractivity contribution is 6.30. The first kappa shape index (κ1) is 26.4. The number of anilines is 1. The van der Waals surface area contributed by atoms with E-state index in [2.05, 4.69) is 0 Å². The number of carbonyl (C=O) groups excluding carboxylic acids is 4. The molecule has 3 amide bonds. The summed E-state index contributed by atoms with van der Waals surface area (Å²) < 4.78 is 4.98. The summed E-state index contributed by atoms with van der Waals surface area (Å²) in [6.45, 7) is 8.12. The second kappa shape index (κ2) is 11.0. The van der Waals surface area contributed by atoms with Gasteiger partial charge in [-0.1, -0.05) is 44.5 Å². The molecule has 0 saturated carbocycles. The summed E-state index contributed by atoms with van der Waals surface area (Å²) in [4.78, 5) is 54.1. The number of hydrogen-bond acceptors (Lipinski definition) is 5. The fraction of sp³-hybridized carbons (Fsp3) is 0.407. The Hall–Kier alpha value is -3.19. The molecule has 8 heteroatoms. The van der Waals surface area contributed by atoms with Crippen molar-refractivity contribution < 1.29 is 23.9 Å². The first-order chi connectivity index (χ1) is 16.5. The number of ether oxygens (including phenoxy) is 1. The van der Waals surface area contributed by atoms with Gasteiger partial charge in [0.2, 0.25) is 11.8 Å². The summed E-state index contributed by atoms with van der Waals surface area (Å²) in [5, 5.41) is 0.597. The van der Waals surface area contributed by atoms with Gasteiger partial charge in [-0.2, -0.15) is 0 Å². The zero-order valence-electron chi connectivity index (χ0n) is 20.5. The SMILES string of the molecule is CCOC(=O)c1ccc(N2C(=O)CC(N(CCc3cccc(Cl)c3)C(=O)CC(C)(C)C)C2=O)cc1. The number of halogens is 1. The highest BCUT2D eigenvalue weighted by Crippen LogP contribution is 2.29. The van der Waals surface area contributed by atoms with Crippen molar-refractivity contribution in [2.24, 2.45) is 5.41 Å². The van der Waals surface area contributed by atoms with Gasteiger partial charge < -0.3 is 9.64 Å². The van der Waals surface area contributed by atoms with Crippen LogP contribution in [0.4, 0.5) is 5.69 Å². The Kier molecular flexibility index (Phi) is 8.33. The number of esters is 1. The van der Waals surface area contributed by atoms with Gasteiger partial charge in [-0.3, -0.25) is 14.4 Å². The van der Waals surface area contributed by atoms with Crippen LogP contribution < -0.4 is 4.90 Å². The van der Waals surface area contributed by atoms with Crippen LogP contribution in [0.15, 0.2) is 48.5 Å². The van der Waals surface area contributed by atoms with Crippen LogP contribution in [0.25, 0.3) is 0 Å². The Balaban J connectivity index is 1.83. The summed E-state index contributed by atoms with van der Waals surface area (Å²) in [7, 11) is 0. The molecule has 0 spiro atoms. The van der Waals surface area contributed by atoms with E-state index in [1.54, 1.807) is 13.0 Å². The van der Waals surface area contributed by atoms with Crippen LogP contribution in [0.3, 0.4) is 0 Å². The standard InChI is InChI=1S/C27H31ClN2O5/c1-5-35-26(34)19-9-11-21(12-10-19)30-23(31)16-22(25(30)33)29(24(32)17-27(2,3)4)14-13-18-7-6-8-20(28)15-18/h6-12,15,22H,5,13-14,16-17H2,1-4H3. The molecule has 2 aromatic rings. The van der Waals surface area contributed by atoms with Crippen LogP contribution in [-0.4, -0.2) is 47.8 Å². The molecule has 7 nitrogen and oxygen atoms in total. The Morgan fingerprint density at radius 2 is 1.80 bits per heavy atom. The zero-order chi connectivity index (χ0) is 25.8. The van der Waals surface area contributed by atoms with Crippen molar-refractivity contribution in [3.05, 3.63) is 64.7 Å². The van der Waals surface area contributed by atoms with Crippen LogP contribution >= 0.6 is 11.6 Å². The molecule has 0 aliphatic carbocycles. The quantitative estimate of drug-likeness (QED) is 0.390. The highest BCUT2D eigenvalue weighted by atomic mass is 35.5. The average Bonchev–Trinajstić information content (AvgIpc) is 3.06. The molecule has 3 rings (SSSR count). The van der Waals surface area contributed by atoms with Gasteiger partial charge in [-0.05, 0) is 60.7 Å². The summed E-state index contributed by atoms with van der Waals surface area (Å²) in [5.41, 5.74) is 1.34. The molecule has 186 valence electrons. The molecule has 0 aromatic heterocycles. The van der Waals surface area contributed by atoms with E-state index in [1.165, 1.54) is 29.2 Å². The second-order valence-electron chi connectivity index (χ2n) is 9.76. The minimum atomic E-state index is -0.888. The van der Waals surface area contributed by atoms with Gasteiger partial charge >= 0.3 is 5.97 Å². The van der Waals surface area contributed by atoms with Gasteiger partial charge in [0.05, 0.1) is 24.3 Å². The third-order valence-electron chi connectivity index (χ3n) is 5.67. The minimum absolute atomic E-state index is 0.0934. The molecule has 1 unspecified atom stereocenters. The molecule has 1 atom stereocenters.